The van der Waals surface area contributed by atoms with Crippen molar-refractivity contribution in [2.45, 2.75) is 12.8 Å². The van der Waals surface area contributed by atoms with Crippen LogP contribution in [0.1, 0.15) is 17.5 Å². The molecule has 0 aromatic heterocycles. The van der Waals surface area contributed by atoms with E-state index in [1.165, 1.54) is 13.2 Å². The van der Waals surface area contributed by atoms with Crippen LogP contribution in [0.25, 0.3) is 11.1 Å². The first kappa shape index (κ1) is 17.7. The fraction of sp³-hybridized carbons (Fsp3) is 0.316. The topological polar surface area (TPSA) is 89.7 Å². The summed E-state index contributed by atoms with van der Waals surface area (Å²) in [6.45, 7) is 0. The predicted molar refractivity (Wildman–Crippen MR) is 96.4 cm³/mol. The molecule has 138 valence electrons. The van der Waals surface area contributed by atoms with Crippen LogP contribution in [0.4, 0.5) is 0 Å². The van der Waals surface area contributed by atoms with Crippen LogP contribution >= 0.6 is 0 Å². The Hall–Kier alpha value is -3.09. The van der Waals surface area contributed by atoms with Crippen molar-refractivity contribution in [2.24, 2.45) is 5.16 Å². The lowest BCUT2D eigenvalue weighted by Crippen LogP contribution is -2.02. The second-order valence-electron chi connectivity index (χ2n) is 5.80. The fourth-order valence-electron chi connectivity index (χ4n) is 3.37. The van der Waals surface area contributed by atoms with E-state index in [2.05, 4.69) is 5.16 Å². The molecule has 0 heterocycles. The molecule has 0 atom stereocenters. The van der Waals surface area contributed by atoms with Crippen LogP contribution in [-0.2, 0) is 6.42 Å². The molecule has 2 aromatic rings. The van der Waals surface area contributed by atoms with Crippen LogP contribution < -0.4 is 18.9 Å². The second-order valence-corrected chi connectivity index (χ2v) is 5.80. The van der Waals surface area contributed by atoms with Gasteiger partial charge in [-0.25, -0.2) is 0 Å². The predicted octanol–water partition coefficient (Wildman–Crippen LogP) is 3.22. The number of hydrogen-bond donors (Lipinski definition) is 2. The Labute approximate surface area is 151 Å². The van der Waals surface area contributed by atoms with E-state index >= 15 is 0 Å². The maximum atomic E-state index is 10.2. The van der Waals surface area contributed by atoms with Crippen molar-refractivity contribution in [2.75, 3.05) is 28.4 Å². The Balaban J connectivity index is 2.43. The Morgan fingerprint density at radius 1 is 0.808 bits per heavy atom. The molecule has 0 amide bonds. The summed E-state index contributed by atoms with van der Waals surface area (Å²) < 4.78 is 21.9. The number of nitrogens with zero attached hydrogens (tertiary/aromatic N) is 1. The van der Waals surface area contributed by atoms with Crippen LogP contribution in [0.5, 0.6) is 28.7 Å². The fourth-order valence-corrected chi connectivity index (χ4v) is 3.37. The van der Waals surface area contributed by atoms with Crippen LogP contribution in [-0.4, -0.2) is 44.5 Å². The highest BCUT2D eigenvalue weighted by Gasteiger charge is 2.28. The molecule has 2 N–H and O–H groups in total. The molecule has 7 heteroatoms. The maximum absolute atomic E-state index is 10.2. The van der Waals surface area contributed by atoms with Crippen molar-refractivity contribution >= 4 is 5.71 Å². The molecule has 0 spiro atoms. The first-order chi connectivity index (χ1) is 12.6. The molecule has 0 aliphatic heterocycles. The van der Waals surface area contributed by atoms with Crippen LogP contribution in [0.2, 0.25) is 0 Å². The number of ether oxygens (including phenoxy) is 4. The van der Waals surface area contributed by atoms with Crippen LogP contribution in [0, 0.1) is 0 Å². The van der Waals surface area contributed by atoms with Crippen molar-refractivity contribution < 1.29 is 29.3 Å². The number of aryl methyl sites for hydroxylation is 1. The minimum Gasteiger partial charge on any atom is -0.504 e. The van der Waals surface area contributed by atoms with E-state index in [0.29, 0.717) is 47.1 Å². The van der Waals surface area contributed by atoms with Crippen molar-refractivity contribution in [3.8, 4) is 39.9 Å². The molecular weight excluding hydrogens is 338 g/mol. The number of oxime groups is 1. The number of hydrogen-bond acceptors (Lipinski definition) is 7. The van der Waals surface area contributed by atoms with Gasteiger partial charge in [0.25, 0.3) is 0 Å². The number of phenolic OH excluding ortho intramolecular Hbond substituents is 1. The number of phenols is 1. The van der Waals surface area contributed by atoms with E-state index in [1.54, 1.807) is 27.4 Å². The average molecular weight is 359 g/mol. The van der Waals surface area contributed by atoms with Gasteiger partial charge >= 0.3 is 0 Å². The lowest BCUT2D eigenvalue weighted by atomic mass is 9.94. The van der Waals surface area contributed by atoms with Crippen molar-refractivity contribution in [1.29, 1.82) is 0 Å². The van der Waals surface area contributed by atoms with Gasteiger partial charge < -0.3 is 29.3 Å². The Bertz CT molecular complexity index is 875. The van der Waals surface area contributed by atoms with Gasteiger partial charge in [-0.3, -0.25) is 0 Å². The summed E-state index contributed by atoms with van der Waals surface area (Å²) in [7, 11) is 6.14. The molecule has 0 fully saturated rings. The molecule has 0 bridgehead atoms. The molecule has 0 unspecified atom stereocenters. The van der Waals surface area contributed by atoms with Crippen molar-refractivity contribution in [3.63, 3.8) is 0 Å². The van der Waals surface area contributed by atoms with Crippen molar-refractivity contribution in [1.82, 2.24) is 0 Å². The zero-order valence-corrected chi connectivity index (χ0v) is 15.1. The summed E-state index contributed by atoms with van der Waals surface area (Å²) in [5.41, 5.74) is 3.53. The molecule has 1 aliphatic carbocycles. The third kappa shape index (κ3) is 2.65. The van der Waals surface area contributed by atoms with E-state index in [0.717, 1.165) is 16.7 Å². The lowest BCUT2D eigenvalue weighted by molar-refractivity contribution is 0.318. The monoisotopic (exact) mass is 359 g/mol. The molecule has 0 saturated heterocycles. The number of rotatable bonds is 4. The first-order valence-electron chi connectivity index (χ1n) is 8.04. The molecule has 26 heavy (non-hydrogen) atoms. The Kier molecular flexibility index (Phi) is 4.79. The smallest absolute Gasteiger partial charge is 0.203 e. The van der Waals surface area contributed by atoms with Gasteiger partial charge in [-0.1, -0.05) is 5.16 Å². The number of fused-ring (bicyclic) bond motifs is 3. The summed E-state index contributed by atoms with van der Waals surface area (Å²) in [5, 5.41) is 23.1. The van der Waals surface area contributed by atoms with Gasteiger partial charge in [0.2, 0.25) is 5.75 Å². The quantitative estimate of drug-likeness (QED) is 0.644. The summed E-state index contributed by atoms with van der Waals surface area (Å²) in [6.07, 6.45) is 1.09. The zero-order chi connectivity index (χ0) is 18.8. The Morgan fingerprint density at radius 2 is 1.50 bits per heavy atom. The summed E-state index contributed by atoms with van der Waals surface area (Å²) in [5.74, 6) is 1.81. The van der Waals surface area contributed by atoms with E-state index in [4.69, 9.17) is 18.9 Å². The summed E-state index contributed by atoms with van der Waals surface area (Å²) in [4.78, 5) is 0. The highest BCUT2D eigenvalue weighted by molar-refractivity contribution is 6.08. The molecule has 3 rings (SSSR count). The van der Waals surface area contributed by atoms with Crippen LogP contribution in [0.15, 0.2) is 23.4 Å². The van der Waals surface area contributed by atoms with Gasteiger partial charge in [0.05, 0.1) is 34.2 Å². The van der Waals surface area contributed by atoms with Gasteiger partial charge in [0.1, 0.15) is 0 Å². The van der Waals surface area contributed by atoms with Crippen LogP contribution in [0.3, 0.4) is 0 Å². The second kappa shape index (κ2) is 7.03. The molecule has 0 saturated carbocycles. The normalized spacial score (nSPS) is 14.2. The number of aromatic hydroxyl groups is 1. The van der Waals surface area contributed by atoms with E-state index in [1.807, 2.05) is 6.07 Å². The highest BCUT2D eigenvalue weighted by atomic mass is 16.5. The van der Waals surface area contributed by atoms with E-state index < -0.39 is 0 Å². The van der Waals surface area contributed by atoms with Gasteiger partial charge in [-0.2, -0.15) is 0 Å². The number of methoxy groups -OCH3 is 4. The zero-order valence-electron chi connectivity index (χ0n) is 15.1. The average Bonchev–Trinajstić information content (AvgIpc) is 2.81. The van der Waals surface area contributed by atoms with Gasteiger partial charge in [0, 0.05) is 11.1 Å². The van der Waals surface area contributed by atoms with E-state index in [9.17, 15) is 10.3 Å². The minimum absolute atomic E-state index is 0.0321. The highest BCUT2D eigenvalue weighted by Crippen LogP contribution is 2.50. The van der Waals surface area contributed by atoms with Gasteiger partial charge in [-0.15, -0.1) is 0 Å². The SMILES string of the molecule is COc1cc2c(cc1O)/C(=N/O)CCc1cc(OC)c(OC)c(OC)c1-2. The first-order valence-corrected chi connectivity index (χ1v) is 8.04. The molecular formula is C19H21NO6. The molecule has 1 aliphatic rings. The number of benzene rings is 2. The Morgan fingerprint density at radius 3 is 2.08 bits per heavy atom. The minimum atomic E-state index is -0.0321. The largest absolute Gasteiger partial charge is 0.504 e. The lowest BCUT2D eigenvalue weighted by Gasteiger charge is -2.20. The van der Waals surface area contributed by atoms with Gasteiger partial charge in [0.15, 0.2) is 23.0 Å². The van der Waals surface area contributed by atoms with E-state index in [-0.39, 0.29) is 5.75 Å². The summed E-state index contributed by atoms with van der Waals surface area (Å²) in [6, 6.07) is 5.13. The molecule has 7 nitrogen and oxygen atoms in total. The third-order valence-corrected chi connectivity index (χ3v) is 4.56. The summed E-state index contributed by atoms with van der Waals surface area (Å²) >= 11 is 0. The third-order valence-electron chi connectivity index (χ3n) is 4.56. The maximum Gasteiger partial charge on any atom is 0.203 e. The molecule has 0 radical (unpaired) electrons. The standard InChI is InChI=1S/C19H21NO6/c1-23-15-9-12-11(8-14(15)21)13(20-22)6-5-10-7-16(24-2)18(25-3)19(26-4)17(10)12/h7-9,21-22H,5-6H2,1-4H3/b20-13+. The molecule has 2 aromatic carbocycles. The van der Waals surface area contributed by atoms with Crippen molar-refractivity contribution in [3.05, 3.63) is 29.3 Å². The van der Waals surface area contributed by atoms with Gasteiger partial charge in [-0.05, 0) is 42.2 Å².